The molecule has 3 fully saturated rings. The summed E-state index contributed by atoms with van der Waals surface area (Å²) in [5.74, 6) is -8.73. The molecule has 2 saturated heterocycles. The number of carbonyl (C=O) groups excluding carboxylic acids is 6. The number of aliphatic hydroxyl groups is 2. The number of aliphatic hydroxyl groups excluding tert-OH is 1. The van der Waals surface area contributed by atoms with Crippen LogP contribution in [0.25, 0.3) is 0 Å². The summed E-state index contributed by atoms with van der Waals surface area (Å²) in [5, 5.41) is 23.6. The van der Waals surface area contributed by atoms with Gasteiger partial charge in [0.2, 0.25) is 5.79 Å². The molecule has 1 saturated carbocycles. The fourth-order valence-corrected chi connectivity index (χ4v) is 11.5. The van der Waals surface area contributed by atoms with Gasteiger partial charge in [0.15, 0.2) is 5.78 Å². The van der Waals surface area contributed by atoms with Gasteiger partial charge >= 0.3 is 11.9 Å². The monoisotopic (exact) mass is 1150 g/mol. The number of methoxy groups -OCH3 is 4. The molecule has 0 radical (unpaired) electrons. The zero-order valence-electron chi connectivity index (χ0n) is 50.5. The predicted molar refractivity (Wildman–Crippen MR) is 303 cm³/mol. The molecular weight excluding hydrogens is 1050 g/mol. The molecule has 1 amide bonds. The van der Waals surface area contributed by atoms with E-state index in [9.17, 15) is 39.0 Å². The fraction of sp³-hybridized carbons (Fsp3) is 0.774. The van der Waals surface area contributed by atoms with Gasteiger partial charge in [-0.15, -0.1) is 0 Å². The summed E-state index contributed by atoms with van der Waals surface area (Å²) in [7, 11) is 6.14. The largest absolute Gasteiger partial charge is 0.460 e. The van der Waals surface area contributed by atoms with E-state index in [1.54, 1.807) is 48.2 Å². The second-order valence-electron chi connectivity index (χ2n) is 23.0. The number of carbonyl (C=O) groups is 6. The first-order valence-electron chi connectivity index (χ1n) is 29.6. The number of cyclic esters (lactones) is 1. The van der Waals surface area contributed by atoms with Crippen molar-refractivity contribution in [3.63, 3.8) is 0 Å². The van der Waals surface area contributed by atoms with E-state index in [0.29, 0.717) is 122 Å². The van der Waals surface area contributed by atoms with Crippen LogP contribution in [0, 0.1) is 35.5 Å². The molecule has 0 aromatic carbocycles. The van der Waals surface area contributed by atoms with Crippen LogP contribution in [0.5, 0.6) is 0 Å². The van der Waals surface area contributed by atoms with Gasteiger partial charge in [-0.25, -0.2) is 4.79 Å². The smallest absolute Gasteiger partial charge is 0.329 e. The summed E-state index contributed by atoms with van der Waals surface area (Å²) in [5.41, 5.74) is 1.23. The van der Waals surface area contributed by atoms with E-state index in [1.165, 1.54) is 12.0 Å². The lowest BCUT2D eigenvalue weighted by atomic mass is 9.78. The van der Waals surface area contributed by atoms with Crippen LogP contribution in [-0.2, 0) is 76.1 Å². The molecule has 0 aromatic rings. The van der Waals surface area contributed by atoms with Crippen molar-refractivity contribution in [3.05, 3.63) is 47.6 Å². The zero-order valence-corrected chi connectivity index (χ0v) is 50.5. The topological polar surface area (TPSA) is 238 Å². The fourth-order valence-electron chi connectivity index (χ4n) is 11.5. The summed E-state index contributed by atoms with van der Waals surface area (Å²) < 4.78 is 57.3. The maximum absolute atomic E-state index is 14.6. The third-order valence-corrected chi connectivity index (χ3v) is 16.6. The summed E-state index contributed by atoms with van der Waals surface area (Å²) in [6.07, 6.45) is 11.3. The van der Waals surface area contributed by atoms with E-state index >= 15 is 0 Å². The van der Waals surface area contributed by atoms with Crippen LogP contribution in [0.4, 0.5) is 0 Å². The second kappa shape index (κ2) is 36.0. The molecule has 2 N–H and O–H groups in total. The number of ether oxygens (including phenoxy) is 10. The Balaban J connectivity index is 1.55. The number of hydrogen-bond acceptors (Lipinski definition) is 18. The van der Waals surface area contributed by atoms with Crippen molar-refractivity contribution in [2.24, 2.45) is 35.5 Å². The first-order valence-corrected chi connectivity index (χ1v) is 29.6. The number of hydrogen-bond donors (Lipinski definition) is 2. The number of rotatable bonds is 20. The Hall–Kier alpha value is -4.02. The summed E-state index contributed by atoms with van der Waals surface area (Å²) in [6.45, 7) is 15.8. The standard InChI is InChI=1S/C62H99NO18/c1-40-18-13-12-14-19-41(2)52(73-9)38-48-24-22-46(7)62(71,81-48)59(68)60(69)63-26-16-15-20-49(63)61(70)80-53(39-50(64)42(3)35-45(6)57(67)58(75-11)56(66)44(5)34-40)43(4)36-47-23-25-51(54(37-47)74-10)79-55(65)21-17-27-76-30-31-78-33-32-77-29-28-72-8/h12-14,18-19,35,40,42-44,46-49,51-54,57-58,67,71H,15-17,20-34,36-39H2,1-11H3/b14-12+,18-13+,41-19+,45-35+/t40-,42-,43-,44-,46-,47+,48+,49+,51-,52+,53+,54-,57-,58+,62-/m1/s1. The van der Waals surface area contributed by atoms with Crippen LogP contribution in [0.15, 0.2) is 47.6 Å². The van der Waals surface area contributed by atoms with Gasteiger partial charge in [-0.1, -0.05) is 71.1 Å². The number of Topliss-reactive ketones (excluding diaryl/α,β-unsaturated/α-hetero) is 3. The van der Waals surface area contributed by atoms with Crippen LogP contribution >= 0.6 is 0 Å². The molecule has 81 heavy (non-hydrogen) atoms. The normalized spacial score (nSPS) is 34.7. The molecule has 4 aliphatic rings. The molecule has 3 heterocycles. The quantitative estimate of drug-likeness (QED) is 0.0530. The molecule has 0 aromatic heterocycles. The molecule has 0 spiro atoms. The van der Waals surface area contributed by atoms with Gasteiger partial charge in [-0.2, -0.15) is 0 Å². The average Bonchev–Trinajstić information content (AvgIpc) is 3.56. The number of amides is 1. The highest BCUT2D eigenvalue weighted by Gasteiger charge is 2.53. The number of esters is 2. The van der Waals surface area contributed by atoms with Crippen LogP contribution in [0.1, 0.15) is 138 Å². The molecule has 0 unspecified atom stereocenters. The van der Waals surface area contributed by atoms with Crippen molar-refractivity contribution < 1.29 is 86.3 Å². The predicted octanol–water partition coefficient (Wildman–Crippen LogP) is 7.21. The molecule has 460 valence electrons. The lowest BCUT2D eigenvalue weighted by Crippen LogP contribution is -2.61. The minimum absolute atomic E-state index is 0.00145. The minimum Gasteiger partial charge on any atom is -0.460 e. The van der Waals surface area contributed by atoms with Crippen molar-refractivity contribution in [2.75, 3.05) is 81.2 Å². The number of fused-ring (bicyclic) bond motifs is 3. The van der Waals surface area contributed by atoms with Gasteiger partial charge in [-0.3, -0.25) is 24.0 Å². The Labute approximate surface area is 482 Å². The van der Waals surface area contributed by atoms with Crippen molar-refractivity contribution in [3.8, 4) is 0 Å². The Morgan fingerprint density at radius 3 is 2.14 bits per heavy atom. The van der Waals surface area contributed by atoms with Crippen molar-refractivity contribution in [1.82, 2.24) is 4.90 Å². The van der Waals surface area contributed by atoms with Gasteiger partial charge in [0.1, 0.15) is 36.2 Å². The van der Waals surface area contributed by atoms with Gasteiger partial charge < -0.3 is 62.5 Å². The Bertz CT molecular complexity index is 2110. The van der Waals surface area contributed by atoms with Gasteiger partial charge in [0, 0.05) is 78.6 Å². The highest BCUT2D eigenvalue weighted by molar-refractivity contribution is 6.39. The van der Waals surface area contributed by atoms with Gasteiger partial charge in [0.25, 0.3) is 11.7 Å². The number of allylic oxidation sites excluding steroid dienone is 6. The van der Waals surface area contributed by atoms with Crippen LogP contribution in [0.3, 0.4) is 0 Å². The van der Waals surface area contributed by atoms with E-state index in [4.69, 9.17) is 47.4 Å². The average molecular weight is 1150 g/mol. The summed E-state index contributed by atoms with van der Waals surface area (Å²) in [4.78, 5) is 85.8. The van der Waals surface area contributed by atoms with Crippen LogP contribution in [0.2, 0.25) is 0 Å². The SMILES string of the molecule is COCCOCCOCCOCCCC(=O)O[C@@H]1CC[C@@H](C[C@@H](C)[C@@H]2CC(=O)[C@H](C)/C=C(\C)[C@@H](O)[C@@H](OC)C(=O)[C@H](C)C[C@H](C)/C=C/C=C/C=C(\C)[C@@H](OC)C[C@@H]3CC[C@@H](C)[C@@](O)(O3)C(=O)C(=O)N3CCCC[C@H]3C(=O)O2)C[C@H]1OC. The summed E-state index contributed by atoms with van der Waals surface area (Å²) in [6, 6.07) is -1.18. The number of ketones is 3. The Kier molecular flexibility index (Phi) is 30.8. The number of nitrogens with zero attached hydrogens (tertiary/aromatic N) is 1. The van der Waals surface area contributed by atoms with E-state index in [1.807, 2.05) is 58.1 Å². The molecule has 15 atom stereocenters. The number of piperidine rings is 1. The Morgan fingerprint density at radius 2 is 1.47 bits per heavy atom. The van der Waals surface area contributed by atoms with Crippen molar-refractivity contribution in [1.29, 1.82) is 0 Å². The van der Waals surface area contributed by atoms with E-state index < -0.39 is 95.9 Å². The maximum atomic E-state index is 14.6. The third-order valence-electron chi connectivity index (χ3n) is 16.6. The Morgan fingerprint density at radius 1 is 0.778 bits per heavy atom. The van der Waals surface area contributed by atoms with Gasteiger partial charge in [0.05, 0.1) is 58.0 Å². The molecule has 3 aliphatic heterocycles. The van der Waals surface area contributed by atoms with Crippen molar-refractivity contribution in [2.45, 2.75) is 193 Å². The minimum atomic E-state index is -2.46. The molecule has 4 rings (SSSR count). The zero-order chi connectivity index (χ0) is 59.6. The molecule has 2 bridgehead atoms. The van der Waals surface area contributed by atoms with E-state index in [2.05, 4.69) is 0 Å². The molecule has 19 nitrogen and oxygen atoms in total. The second-order valence-corrected chi connectivity index (χ2v) is 23.0. The van der Waals surface area contributed by atoms with E-state index in [0.717, 1.165) is 5.57 Å². The van der Waals surface area contributed by atoms with E-state index in [-0.39, 0.29) is 55.2 Å². The van der Waals surface area contributed by atoms with Crippen LogP contribution in [-0.4, -0.2) is 186 Å². The molecule has 1 aliphatic carbocycles. The van der Waals surface area contributed by atoms with Crippen LogP contribution < -0.4 is 0 Å². The highest BCUT2D eigenvalue weighted by atomic mass is 16.6. The first kappa shape index (κ1) is 69.5. The lowest BCUT2D eigenvalue weighted by Gasteiger charge is -2.42. The van der Waals surface area contributed by atoms with Gasteiger partial charge in [-0.05, 0) is 113 Å². The highest BCUT2D eigenvalue weighted by Crippen LogP contribution is 2.38. The maximum Gasteiger partial charge on any atom is 0.329 e. The first-order chi connectivity index (χ1) is 38.7. The van der Waals surface area contributed by atoms with Crippen molar-refractivity contribution >= 4 is 35.2 Å². The third kappa shape index (κ3) is 21.8. The summed E-state index contributed by atoms with van der Waals surface area (Å²) >= 11 is 0. The molecular formula is C62H99NO18. The lowest BCUT2D eigenvalue weighted by molar-refractivity contribution is -0.265. The molecule has 19 heteroatoms.